The second-order valence-corrected chi connectivity index (χ2v) is 4.76. The molecular weight excluding hydrogens is 252 g/mol. The number of nitro groups is 1. The van der Waals surface area contributed by atoms with E-state index in [1.165, 1.54) is 11.3 Å². The standard InChI is InChI=1S/C11H12N4O2S/c1-7-3-4-12-11(10(7)15(16)17)13-5-9-14-8(2)6-18-9/h3-4,6H,5H2,1-2H3,(H,12,13). The van der Waals surface area contributed by atoms with Crippen LogP contribution in [-0.2, 0) is 6.54 Å². The predicted molar refractivity (Wildman–Crippen MR) is 69.8 cm³/mol. The van der Waals surface area contributed by atoms with Gasteiger partial charge >= 0.3 is 5.69 Å². The van der Waals surface area contributed by atoms with Crippen molar-refractivity contribution >= 4 is 22.8 Å². The van der Waals surface area contributed by atoms with Crippen molar-refractivity contribution in [3.05, 3.63) is 44.0 Å². The van der Waals surface area contributed by atoms with Gasteiger partial charge in [0.15, 0.2) is 0 Å². The molecule has 0 saturated carbocycles. The highest BCUT2D eigenvalue weighted by atomic mass is 32.1. The summed E-state index contributed by atoms with van der Waals surface area (Å²) in [6.45, 7) is 4.04. The highest BCUT2D eigenvalue weighted by molar-refractivity contribution is 7.09. The molecule has 18 heavy (non-hydrogen) atoms. The SMILES string of the molecule is Cc1csc(CNc2nccc(C)c2[N+](=O)[O-])n1. The van der Waals surface area contributed by atoms with E-state index >= 15 is 0 Å². The molecule has 0 radical (unpaired) electrons. The highest BCUT2D eigenvalue weighted by Crippen LogP contribution is 2.26. The summed E-state index contributed by atoms with van der Waals surface area (Å²) in [5.74, 6) is 0.285. The lowest BCUT2D eigenvalue weighted by molar-refractivity contribution is -0.384. The highest BCUT2D eigenvalue weighted by Gasteiger charge is 2.18. The van der Waals surface area contributed by atoms with Crippen LogP contribution in [0.2, 0.25) is 0 Å². The topological polar surface area (TPSA) is 81.0 Å². The van der Waals surface area contributed by atoms with Gasteiger partial charge in [-0.3, -0.25) is 10.1 Å². The second-order valence-electron chi connectivity index (χ2n) is 3.82. The fraction of sp³-hybridized carbons (Fsp3) is 0.273. The number of nitrogens with one attached hydrogen (secondary N) is 1. The molecule has 0 saturated heterocycles. The number of hydrogen-bond donors (Lipinski definition) is 1. The van der Waals surface area contributed by atoms with Crippen molar-refractivity contribution in [1.29, 1.82) is 0 Å². The van der Waals surface area contributed by atoms with E-state index in [1.807, 2.05) is 12.3 Å². The van der Waals surface area contributed by atoms with Gasteiger partial charge in [-0.25, -0.2) is 9.97 Å². The van der Waals surface area contributed by atoms with Crippen molar-refractivity contribution in [2.75, 3.05) is 5.32 Å². The van der Waals surface area contributed by atoms with Crippen LogP contribution in [0.1, 0.15) is 16.3 Å². The fourth-order valence-electron chi connectivity index (χ4n) is 1.55. The van der Waals surface area contributed by atoms with Crippen molar-refractivity contribution < 1.29 is 4.92 Å². The van der Waals surface area contributed by atoms with Crippen LogP contribution in [0.4, 0.5) is 11.5 Å². The summed E-state index contributed by atoms with van der Waals surface area (Å²) < 4.78 is 0. The minimum absolute atomic E-state index is 0.0192. The maximum Gasteiger partial charge on any atom is 0.314 e. The minimum Gasteiger partial charge on any atom is -0.358 e. The maximum atomic E-state index is 11.0. The molecule has 2 rings (SSSR count). The third-order valence-electron chi connectivity index (χ3n) is 2.38. The van der Waals surface area contributed by atoms with E-state index < -0.39 is 4.92 Å². The number of anilines is 1. The molecular formula is C11H12N4O2S. The van der Waals surface area contributed by atoms with Gasteiger partial charge in [0.2, 0.25) is 5.82 Å². The van der Waals surface area contributed by atoms with Crippen molar-refractivity contribution in [3.63, 3.8) is 0 Å². The number of thiazole rings is 1. The Labute approximate surface area is 108 Å². The Morgan fingerprint density at radius 1 is 1.50 bits per heavy atom. The fourth-order valence-corrected chi connectivity index (χ4v) is 2.26. The molecule has 2 aromatic heterocycles. The molecule has 7 heteroatoms. The average Bonchev–Trinajstić information content (AvgIpc) is 2.72. The van der Waals surface area contributed by atoms with Gasteiger partial charge in [0.1, 0.15) is 5.01 Å². The zero-order valence-electron chi connectivity index (χ0n) is 10.0. The Morgan fingerprint density at radius 2 is 2.28 bits per heavy atom. The Balaban J connectivity index is 2.19. The Hall–Kier alpha value is -2.02. The van der Waals surface area contributed by atoms with Gasteiger partial charge < -0.3 is 5.32 Å². The maximum absolute atomic E-state index is 11.0. The summed E-state index contributed by atoms with van der Waals surface area (Å²) in [7, 11) is 0. The lowest BCUT2D eigenvalue weighted by Gasteiger charge is -2.05. The molecule has 0 aliphatic heterocycles. The predicted octanol–water partition coefficient (Wildman–Crippen LogP) is 2.68. The summed E-state index contributed by atoms with van der Waals surface area (Å²) in [5, 5.41) is 16.8. The molecule has 6 nitrogen and oxygen atoms in total. The average molecular weight is 264 g/mol. The van der Waals surface area contributed by atoms with E-state index in [0.717, 1.165) is 10.7 Å². The molecule has 1 N–H and O–H groups in total. The first kappa shape index (κ1) is 12.4. The number of nitrogens with zero attached hydrogens (tertiary/aromatic N) is 3. The van der Waals surface area contributed by atoms with E-state index in [0.29, 0.717) is 12.1 Å². The van der Waals surface area contributed by atoms with E-state index in [2.05, 4.69) is 15.3 Å². The van der Waals surface area contributed by atoms with Crippen LogP contribution >= 0.6 is 11.3 Å². The molecule has 94 valence electrons. The summed E-state index contributed by atoms with van der Waals surface area (Å²) in [6.07, 6.45) is 1.55. The first-order valence-corrected chi connectivity index (χ1v) is 6.21. The molecule has 0 unspecified atom stereocenters. The van der Waals surface area contributed by atoms with Crippen LogP contribution in [-0.4, -0.2) is 14.9 Å². The monoisotopic (exact) mass is 264 g/mol. The van der Waals surface area contributed by atoms with Crippen LogP contribution in [0.5, 0.6) is 0 Å². The molecule has 2 heterocycles. The molecule has 0 bridgehead atoms. The molecule has 0 fully saturated rings. The van der Waals surface area contributed by atoms with Gasteiger partial charge in [-0.2, -0.15) is 0 Å². The Kier molecular flexibility index (Phi) is 3.52. The first-order valence-electron chi connectivity index (χ1n) is 5.33. The molecule has 0 atom stereocenters. The zero-order chi connectivity index (χ0) is 13.1. The van der Waals surface area contributed by atoms with Crippen molar-refractivity contribution in [2.45, 2.75) is 20.4 Å². The van der Waals surface area contributed by atoms with Crippen LogP contribution < -0.4 is 5.32 Å². The number of hydrogen-bond acceptors (Lipinski definition) is 6. The third kappa shape index (κ3) is 2.62. The Morgan fingerprint density at radius 3 is 2.89 bits per heavy atom. The van der Waals surface area contributed by atoms with Gasteiger partial charge in [-0.05, 0) is 19.9 Å². The zero-order valence-corrected chi connectivity index (χ0v) is 10.8. The molecule has 2 aromatic rings. The largest absolute Gasteiger partial charge is 0.358 e. The van der Waals surface area contributed by atoms with Gasteiger partial charge in [0.05, 0.1) is 11.5 Å². The van der Waals surface area contributed by atoms with Crippen LogP contribution in [0.15, 0.2) is 17.6 Å². The van der Waals surface area contributed by atoms with Crippen molar-refractivity contribution in [2.24, 2.45) is 0 Å². The Bertz CT molecular complexity index is 582. The molecule has 0 aliphatic carbocycles. The third-order valence-corrected chi connectivity index (χ3v) is 3.35. The van der Waals surface area contributed by atoms with Crippen LogP contribution in [0, 0.1) is 24.0 Å². The molecule has 0 aromatic carbocycles. The van der Waals surface area contributed by atoms with Gasteiger partial charge in [-0.15, -0.1) is 11.3 Å². The van der Waals surface area contributed by atoms with Crippen LogP contribution in [0.25, 0.3) is 0 Å². The number of rotatable bonds is 4. The van der Waals surface area contributed by atoms with Gasteiger partial charge in [-0.1, -0.05) is 0 Å². The number of aromatic nitrogens is 2. The molecule has 0 aliphatic rings. The van der Waals surface area contributed by atoms with Crippen molar-refractivity contribution in [1.82, 2.24) is 9.97 Å². The summed E-state index contributed by atoms with van der Waals surface area (Å²) in [5.41, 5.74) is 1.56. The smallest absolute Gasteiger partial charge is 0.314 e. The lowest BCUT2D eigenvalue weighted by Crippen LogP contribution is -2.05. The molecule has 0 spiro atoms. The molecule has 0 amide bonds. The van der Waals surface area contributed by atoms with Gasteiger partial charge in [0, 0.05) is 22.8 Å². The van der Waals surface area contributed by atoms with E-state index in [1.54, 1.807) is 19.2 Å². The first-order chi connectivity index (χ1) is 8.58. The van der Waals surface area contributed by atoms with Crippen LogP contribution in [0.3, 0.4) is 0 Å². The van der Waals surface area contributed by atoms with Gasteiger partial charge in [0.25, 0.3) is 0 Å². The summed E-state index contributed by atoms with van der Waals surface area (Å²) >= 11 is 1.52. The summed E-state index contributed by atoms with van der Waals surface area (Å²) in [4.78, 5) is 18.8. The number of pyridine rings is 1. The number of aryl methyl sites for hydroxylation is 2. The summed E-state index contributed by atoms with van der Waals surface area (Å²) in [6, 6.07) is 1.62. The lowest BCUT2D eigenvalue weighted by atomic mass is 10.2. The van der Waals surface area contributed by atoms with Crippen molar-refractivity contribution in [3.8, 4) is 0 Å². The quantitative estimate of drug-likeness (QED) is 0.678. The van der Waals surface area contributed by atoms with E-state index in [4.69, 9.17) is 0 Å². The normalized spacial score (nSPS) is 10.3. The van der Waals surface area contributed by atoms with E-state index in [9.17, 15) is 10.1 Å². The second kappa shape index (κ2) is 5.09. The van der Waals surface area contributed by atoms with E-state index in [-0.39, 0.29) is 11.5 Å². The minimum atomic E-state index is -0.419.